The van der Waals surface area contributed by atoms with Crippen molar-refractivity contribution in [3.63, 3.8) is 0 Å². The van der Waals surface area contributed by atoms with Gasteiger partial charge in [0.05, 0.1) is 6.20 Å². The van der Waals surface area contributed by atoms with Gasteiger partial charge in [0.25, 0.3) is 0 Å². The quantitative estimate of drug-likeness (QED) is 0.645. The highest BCUT2D eigenvalue weighted by Crippen LogP contribution is 2.27. The molecule has 0 saturated carbocycles. The minimum atomic E-state index is -0.163. The van der Waals surface area contributed by atoms with Gasteiger partial charge in [0.2, 0.25) is 0 Å². The van der Waals surface area contributed by atoms with E-state index >= 15 is 0 Å². The second-order valence-electron chi connectivity index (χ2n) is 8.26. The molecule has 3 aromatic rings. The van der Waals surface area contributed by atoms with E-state index in [0.717, 1.165) is 36.0 Å². The number of hydrogen-bond donors (Lipinski definition) is 3. The highest BCUT2D eigenvalue weighted by Gasteiger charge is 2.23. The fourth-order valence-corrected chi connectivity index (χ4v) is 3.68. The molecule has 0 fully saturated rings. The number of aromatic amines is 1. The van der Waals surface area contributed by atoms with Crippen LogP contribution in [0, 0.1) is 0 Å². The standard InChI is InChI=1S/C21H25N5O/c1-21(2,3)14-4-6-15(7-5-14)24-20(27)25-16-8-9-17-13(10-16)11-22-19-18(17)12-23-26-19/h4-7,11-12,16H,8-10H2,1-3H3,(H,22,23,26)(H2,24,25,27). The zero-order valence-corrected chi connectivity index (χ0v) is 16.0. The van der Waals surface area contributed by atoms with Gasteiger partial charge >= 0.3 is 6.03 Å². The number of urea groups is 1. The number of carbonyl (C=O) groups excluding carboxylic acids is 1. The summed E-state index contributed by atoms with van der Waals surface area (Å²) in [6.45, 7) is 6.53. The van der Waals surface area contributed by atoms with Crippen LogP contribution in [-0.2, 0) is 18.3 Å². The van der Waals surface area contributed by atoms with Gasteiger partial charge < -0.3 is 10.6 Å². The van der Waals surface area contributed by atoms with E-state index in [1.54, 1.807) is 0 Å². The first-order valence-corrected chi connectivity index (χ1v) is 9.38. The van der Waals surface area contributed by atoms with Gasteiger partial charge in [-0.3, -0.25) is 5.10 Å². The van der Waals surface area contributed by atoms with E-state index in [2.05, 4.69) is 58.7 Å². The average molecular weight is 363 g/mol. The Balaban J connectivity index is 1.39. The van der Waals surface area contributed by atoms with Crippen molar-refractivity contribution in [2.75, 3.05) is 5.32 Å². The minimum Gasteiger partial charge on any atom is -0.335 e. The first kappa shape index (κ1) is 17.5. The minimum absolute atomic E-state index is 0.102. The highest BCUT2D eigenvalue weighted by molar-refractivity contribution is 5.89. The lowest BCUT2D eigenvalue weighted by atomic mass is 9.87. The Morgan fingerprint density at radius 2 is 1.96 bits per heavy atom. The van der Waals surface area contributed by atoms with Gasteiger partial charge in [-0.15, -0.1) is 0 Å². The fourth-order valence-electron chi connectivity index (χ4n) is 3.68. The summed E-state index contributed by atoms with van der Waals surface area (Å²) in [5.74, 6) is 0. The molecule has 140 valence electrons. The first-order valence-electron chi connectivity index (χ1n) is 9.38. The summed E-state index contributed by atoms with van der Waals surface area (Å²) in [5, 5.41) is 14.1. The maximum atomic E-state index is 12.4. The fraction of sp³-hybridized carbons (Fsp3) is 0.381. The zero-order chi connectivity index (χ0) is 19.0. The third-order valence-corrected chi connectivity index (χ3v) is 5.23. The maximum Gasteiger partial charge on any atom is 0.319 e. The van der Waals surface area contributed by atoms with Crippen LogP contribution in [0.3, 0.4) is 0 Å². The summed E-state index contributed by atoms with van der Waals surface area (Å²) in [4.78, 5) is 16.8. The Kier molecular flexibility index (Phi) is 4.34. The van der Waals surface area contributed by atoms with Gasteiger partial charge in [-0.25, -0.2) is 9.78 Å². The first-order chi connectivity index (χ1) is 12.9. The van der Waals surface area contributed by atoms with Gasteiger partial charge in [-0.05, 0) is 53.5 Å². The molecular formula is C21H25N5O. The molecular weight excluding hydrogens is 338 g/mol. The Hall–Kier alpha value is -2.89. The number of H-pyrrole nitrogens is 1. The molecule has 6 heteroatoms. The van der Waals surface area contributed by atoms with Crippen LogP contribution in [-0.4, -0.2) is 27.3 Å². The van der Waals surface area contributed by atoms with Crippen LogP contribution in [0.2, 0.25) is 0 Å². The van der Waals surface area contributed by atoms with Crippen molar-refractivity contribution in [3.05, 3.63) is 53.3 Å². The number of nitrogens with zero attached hydrogens (tertiary/aromatic N) is 2. The number of fused-ring (bicyclic) bond motifs is 3. The average Bonchev–Trinajstić information content (AvgIpc) is 3.10. The van der Waals surface area contributed by atoms with E-state index in [4.69, 9.17) is 0 Å². The topological polar surface area (TPSA) is 82.7 Å². The van der Waals surface area contributed by atoms with Gasteiger partial charge in [-0.1, -0.05) is 32.9 Å². The van der Waals surface area contributed by atoms with Crippen molar-refractivity contribution in [2.45, 2.75) is 51.5 Å². The van der Waals surface area contributed by atoms with Gasteiger partial charge in [-0.2, -0.15) is 5.10 Å². The summed E-state index contributed by atoms with van der Waals surface area (Å²) >= 11 is 0. The molecule has 1 unspecified atom stereocenters. The Labute approximate surface area is 158 Å². The number of pyridine rings is 1. The van der Waals surface area contributed by atoms with Gasteiger partial charge in [0, 0.05) is 23.3 Å². The molecule has 1 atom stereocenters. The number of carbonyl (C=O) groups is 1. The number of aryl methyl sites for hydroxylation is 1. The molecule has 1 aliphatic carbocycles. The largest absolute Gasteiger partial charge is 0.335 e. The number of aromatic nitrogens is 3. The molecule has 1 aliphatic rings. The third-order valence-electron chi connectivity index (χ3n) is 5.23. The number of amides is 2. The SMILES string of the molecule is CC(C)(C)c1ccc(NC(=O)NC2CCc3c(cnc4[nH]ncc34)C2)cc1. The molecule has 2 aromatic heterocycles. The summed E-state index contributed by atoms with van der Waals surface area (Å²) in [5.41, 5.74) is 5.47. The van der Waals surface area contributed by atoms with Gasteiger partial charge in [0.1, 0.15) is 0 Å². The van der Waals surface area contributed by atoms with Crippen molar-refractivity contribution < 1.29 is 4.79 Å². The molecule has 0 aliphatic heterocycles. The number of rotatable bonds is 2. The molecule has 1 aromatic carbocycles. The van der Waals surface area contributed by atoms with Crippen molar-refractivity contribution in [3.8, 4) is 0 Å². The van der Waals surface area contributed by atoms with E-state index in [0.29, 0.717) is 0 Å². The predicted molar refractivity (Wildman–Crippen MR) is 107 cm³/mol. The number of nitrogens with one attached hydrogen (secondary N) is 3. The summed E-state index contributed by atoms with van der Waals surface area (Å²) in [6.07, 6.45) is 6.35. The van der Waals surface area contributed by atoms with Crippen molar-refractivity contribution in [1.82, 2.24) is 20.5 Å². The lowest BCUT2D eigenvalue weighted by Gasteiger charge is -2.25. The molecule has 0 radical (unpaired) electrons. The van der Waals surface area contributed by atoms with Crippen LogP contribution in [0.4, 0.5) is 10.5 Å². The van der Waals surface area contributed by atoms with E-state index in [-0.39, 0.29) is 17.5 Å². The normalized spacial score (nSPS) is 16.8. The molecule has 0 saturated heterocycles. The second kappa shape index (κ2) is 6.68. The summed E-state index contributed by atoms with van der Waals surface area (Å²) in [6, 6.07) is 7.98. The molecule has 2 heterocycles. The highest BCUT2D eigenvalue weighted by atomic mass is 16.2. The van der Waals surface area contributed by atoms with Crippen LogP contribution in [0.1, 0.15) is 43.9 Å². The molecule has 4 rings (SSSR count). The maximum absolute atomic E-state index is 12.4. The van der Waals surface area contributed by atoms with Crippen LogP contribution < -0.4 is 10.6 Å². The molecule has 3 N–H and O–H groups in total. The molecule has 0 bridgehead atoms. The predicted octanol–water partition coefficient (Wildman–Crippen LogP) is 3.93. The number of hydrogen-bond acceptors (Lipinski definition) is 3. The van der Waals surface area contributed by atoms with Crippen LogP contribution in [0.25, 0.3) is 11.0 Å². The second-order valence-corrected chi connectivity index (χ2v) is 8.26. The molecule has 2 amide bonds. The van der Waals surface area contributed by atoms with Crippen molar-refractivity contribution in [2.24, 2.45) is 0 Å². The number of anilines is 1. The van der Waals surface area contributed by atoms with E-state index in [1.165, 1.54) is 16.7 Å². The van der Waals surface area contributed by atoms with E-state index in [1.807, 2.05) is 24.5 Å². The van der Waals surface area contributed by atoms with Crippen LogP contribution >= 0.6 is 0 Å². The lowest BCUT2D eigenvalue weighted by Crippen LogP contribution is -2.41. The summed E-state index contributed by atoms with van der Waals surface area (Å²) in [7, 11) is 0. The van der Waals surface area contributed by atoms with Crippen LogP contribution in [0.15, 0.2) is 36.7 Å². The van der Waals surface area contributed by atoms with Crippen molar-refractivity contribution >= 4 is 22.8 Å². The van der Waals surface area contributed by atoms with Crippen molar-refractivity contribution in [1.29, 1.82) is 0 Å². The van der Waals surface area contributed by atoms with Gasteiger partial charge in [0.15, 0.2) is 5.65 Å². The Morgan fingerprint density at radius 3 is 2.70 bits per heavy atom. The van der Waals surface area contributed by atoms with E-state index < -0.39 is 0 Å². The van der Waals surface area contributed by atoms with E-state index in [9.17, 15) is 4.79 Å². The third kappa shape index (κ3) is 3.65. The molecule has 27 heavy (non-hydrogen) atoms. The zero-order valence-electron chi connectivity index (χ0n) is 16.0. The lowest BCUT2D eigenvalue weighted by molar-refractivity contribution is 0.247. The Morgan fingerprint density at radius 1 is 1.19 bits per heavy atom. The monoisotopic (exact) mass is 363 g/mol. The Bertz CT molecular complexity index is 968. The number of benzene rings is 1. The molecule has 6 nitrogen and oxygen atoms in total. The molecule has 0 spiro atoms. The summed E-state index contributed by atoms with van der Waals surface area (Å²) < 4.78 is 0. The smallest absolute Gasteiger partial charge is 0.319 e. The van der Waals surface area contributed by atoms with Crippen LogP contribution in [0.5, 0.6) is 0 Å².